The second-order valence-electron chi connectivity index (χ2n) is 3.62. The van der Waals surface area contributed by atoms with Crippen LogP contribution in [-0.2, 0) is 9.53 Å². The molecule has 1 aliphatic heterocycles. The van der Waals surface area contributed by atoms with Crippen LogP contribution in [0.1, 0.15) is 20.3 Å². The molecule has 70 valence electrons. The highest BCUT2D eigenvalue weighted by atomic mass is 16.5. The molecule has 2 atom stereocenters. The van der Waals surface area contributed by atoms with Crippen molar-refractivity contribution < 1.29 is 9.53 Å². The SMILES string of the molecule is COCC1CC(C)CN1C(C)=O. The van der Waals surface area contributed by atoms with E-state index in [1.807, 2.05) is 4.90 Å². The van der Waals surface area contributed by atoms with Crippen molar-refractivity contribution in [3.05, 3.63) is 0 Å². The average molecular weight is 171 g/mol. The average Bonchev–Trinajstić information content (AvgIpc) is 2.32. The van der Waals surface area contributed by atoms with Crippen LogP contribution in [0.2, 0.25) is 0 Å². The summed E-state index contributed by atoms with van der Waals surface area (Å²) in [5, 5.41) is 0. The molecule has 3 nitrogen and oxygen atoms in total. The van der Waals surface area contributed by atoms with Gasteiger partial charge in [-0.1, -0.05) is 6.92 Å². The first kappa shape index (κ1) is 9.52. The van der Waals surface area contributed by atoms with Crippen LogP contribution in [0.25, 0.3) is 0 Å². The smallest absolute Gasteiger partial charge is 0.219 e. The van der Waals surface area contributed by atoms with Crippen molar-refractivity contribution in [2.45, 2.75) is 26.3 Å². The molecule has 0 aromatic heterocycles. The van der Waals surface area contributed by atoms with E-state index >= 15 is 0 Å². The van der Waals surface area contributed by atoms with Crippen LogP contribution in [0.5, 0.6) is 0 Å². The molecule has 1 rings (SSSR count). The van der Waals surface area contributed by atoms with Crippen LogP contribution in [0.15, 0.2) is 0 Å². The van der Waals surface area contributed by atoms with Gasteiger partial charge in [0, 0.05) is 20.6 Å². The fourth-order valence-electron chi connectivity index (χ4n) is 1.89. The molecule has 1 amide bonds. The summed E-state index contributed by atoms with van der Waals surface area (Å²) in [7, 11) is 1.68. The van der Waals surface area contributed by atoms with Gasteiger partial charge in [-0.25, -0.2) is 0 Å². The van der Waals surface area contributed by atoms with Crippen molar-refractivity contribution in [1.29, 1.82) is 0 Å². The molecule has 0 spiro atoms. The number of carbonyl (C=O) groups excluding carboxylic acids is 1. The second-order valence-corrected chi connectivity index (χ2v) is 3.62. The molecule has 0 aliphatic carbocycles. The third-order valence-corrected chi connectivity index (χ3v) is 2.39. The summed E-state index contributed by atoms with van der Waals surface area (Å²) in [6.07, 6.45) is 1.08. The molecule has 0 radical (unpaired) electrons. The number of hydrogen-bond donors (Lipinski definition) is 0. The molecule has 0 aromatic rings. The van der Waals surface area contributed by atoms with Gasteiger partial charge in [-0.2, -0.15) is 0 Å². The Morgan fingerprint density at radius 3 is 2.83 bits per heavy atom. The van der Waals surface area contributed by atoms with Gasteiger partial charge in [0.15, 0.2) is 0 Å². The van der Waals surface area contributed by atoms with Gasteiger partial charge in [0.2, 0.25) is 5.91 Å². The third-order valence-electron chi connectivity index (χ3n) is 2.39. The molecule has 1 heterocycles. The summed E-state index contributed by atoms with van der Waals surface area (Å²) in [6, 6.07) is 0.308. The maximum atomic E-state index is 11.1. The Balaban J connectivity index is 2.53. The van der Waals surface area contributed by atoms with E-state index in [0.717, 1.165) is 13.0 Å². The number of rotatable bonds is 2. The Morgan fingerprint density at radius 2 is 2.33 bits per heavy atom. The van der Waals surface area contributed by atoms with Crippen molar-refractivity contribution in [2.75, 3.05) is 20.3 Å². The summed E-state index contributed by atoms with van der Waals surface area (Å²) < 4.78 is 5.06. The highest BCUT2D eigenvalue weighted by Gasteiger charge is 2.30. The molecule has 3 heteroatoms. The first-order chi connectivity index (χ1) is 5.65. The van der Waals surface area contributed by atoms with E-state index in [1.165, 1.54) is 0 Å². The van der Waals surface area contributed by atoms with Crippen LogP contribution in [0.3, 0.4) is 0 Å². The normalized spacial score (nSPS) is 29.4. The predicted molar refractivity (Wildman–Crippen MR) is 46.8 cm³/mol. The summed E-state index contributed by atoms with van der Waals surface area (Å²) in [4.78, 5) is 13.1. The molecule has 0 bridgehead atoms. The number of methoxy groups -OCH3 is 1. The molecule has 0 aromatic carbocycles. The zero-order valence-corrected chi connectivity index (χ0v) is 8.04. The standard InChI is InChI=1S/C9H17NO2/c1-7-4-9(6-12-3)10(5-7)8(2)11/h7,9H,4-6H2,1-3H3. The molecule has 0 saturated carbocycles. The van der Waals surface area contributed by atoms with Crippen molar-refractivity contribution in [3.63, 3.8) is 0 Å². The lowest BCUT2D eigenvalue weighted by atomic mass is 10.1. The largest absolute Gasteiger partial charge is 0.383 e. The fraction of sp³-hybridized carbons (Fsp3) is 0.889. The lowest BCUT2D eigenvalue weighted by Gasteiger charge is -2.22. The van der Waals surface area contributed by atoms with Crippen molar-refractivity contribution in [1.82, 2.24) is 4.90 Å². The van der Waals surface area contributed by atoms with Gasteiger partial charge in [-0.3, -0.25) is 4.79 Å². The number of hydrogen-bond acceptors (Lipinski definition) is 2. The number of carbonyl (C=O) groups is 1. The second kappa shape index (κ2) is 3.90. The fourth-order valence-corrected chi connectivity index (χ4v) is 1.89. The first-order valence-corrected chi connectivity index (χ1v) is 4.41. The monoisotopic (exact) mass is 171 g/mol. The topological polar surface area (TPSA) is 29.5 Å². The number of amides is 1. The zero-order valence-electron chi connectivity index (χ0n) is 8.04. The van der Waals surface area contributed by atoms with Gasteiger partial charge in [0.05, 0.1) is 12.6 Å². The van der Waals surface area contributed by atoms with E-state index in [2.05, 4.69) is 6.92 Å². The Bertz CT molecular complexity index is 170. The lowest BCUT2D eigenvalue weighted by molar-refractivity contribution is -0.130. The van der Waals surface area contributed by atoms with Crippen LogP contribution in [-0.4, -0.2) is 37.1 Å². The molecular weight excluding hydrogens is 154 g/mol. The van der Waals surface area contributed by atoms with Crippen molar-refractivity contribution in [3.8, 4) is 0 Å². The molecule has 2 unspecified atom stereocenters. The minimum absolute atomic E-state index is 0.168. The molecule has 0 N–H and O–H groups in total. The van der Waals surface area contributed by atoms with Crippen LogP contribution < -0.4 is 0 Å². The summed E-state index contributed by atoms with van der Waals surface area (Å²) in [5.41, 5.74) is 0. The molecule has 1 fully saturated rings. The predicted octanol–water partition coefficient (Wildman–Crippen LogP) is 0.890. The van der Waals surface area contributed by atoms with Gasteiger partial charge in [-0.15, -0.1) is 0 Å². The number of ether oxygens (including phenoxy) is 1. The summed E-state index contributed by atoms with van der Waals surface area (Å²) in [6.45, 7) is 5.36. The summed E-state index contributed by atoms with van der Waals surface area (Å²) >= 11 is 0. The van der Waals surface area contributed by atoms with Crippen molar-refractivity contribution >= 4 is 5.91 Å². The minimum atomic E-state index is 0.168. The Hall–Kier alpha value is -0.570. The highest BCUT2D eigenvalue weighted by Crippen LogP contribution is 2.22. The summed E-state index contributed by atoms with van der Waals surface area (Å²) in [5.74, 6) is 0.787. The molecule has 1 aliphatic rings. The van der Waals surface area contributed by atoms with Gasteiger partial charge in [0.1, 0.15) is 0 Å². The quantitative estimate of drug-likeness (QED) is 0.617. The van der Waals surface area contributed by atoms with E-state index in [9.17, 15) is 4.79 Å². The van der Waals surface area contributed by atoms with E-state index in [-0.39, 0.29) is 5.91 Å². The van der Waals surface area contributed by atoms with Gasteiger partial charge in [0.25, 0.3) is 0 Å². The van der Waals surface area contributed by atoms with Crippen LogP contribution in [0, 0.1) is 5.92 Å². The number of nitrogens with zero attached hydrogens (tertiary/aromatic N) is 1. The number of likely N-dealkylation sites (tertiary alicyclic amines) is 1. The van der Waals surface area contributed by atoms with Crippen LogP contribution >= 0.6 is 0 Å². The Morgan fingerprint density at radius 1 is 1.67 bits per heavy atom. The molecule has 1 saturated heterocycles. The first-order valence-electron chi connectivity index (χ1n) is 4.41. The zero-order chi connectivity index (χ0) is 9.14. The van der Waals surface area contributed by atoms with Crippen LogP contribution in [0.4, 0.5) is 0 Å². The van der Waals surface area contributed by atoms with E-state index < -0.39 is 0 Å². The molecular formula is C9H17NO2. The van der Waals surface area contributed by atoms with E-state index in [0.29, 0.717) is 18.6 Å². The Kier molecular flexibility index (Phi) is 3.09. The van der Waals surface area contributed by atoms with E-state index in [4.69, 9.17) is 4.74 Å². The van der Waals surface area contributed by atoms with Gasteiger partial charge < -0.3 is 9.64 Å². The third kappa shape index (κ3) is 1.97. The minimum Gasteiger partial charge on any atom is -0.383 e. The Labute approximate surface area is 73.7 Å². The lowest BCUT2D eigenvalue weighted by Crippen LogP contribution is -2.36. The molecule has 12 heavy (non-hydrogen) atoms. The maximum Gasteiger partial charge on any atom is 0.219 e. The van der Waals surface area contributed by atoms with Gasteiger partial charge >= 0.3 is 0 Å². The maximum absolute atomic E-state index is 11.1. The van der Waals surface area contributed by atoms with Gasteiger partial charge in [-0.05, 0) is 12.3 Å². The van der Waals surface area contributed by atoms with Crippen molar-refractivity contribution in [2.24, 2.45) is 5.92 Å². The van der Waals surface area contributed by atoms with E-state index in [1.54, 1.807) is 14.0 Å². The highest BCUT2D eigenvalue weighted by molar-refractivity contribution is 5.74.